The number of aliphatic hydroxyl groups is 1. The predicted octanol–water partition coefficient (Wildman–Crippen LogP) is 2.08. The van der Waals surface area contributed by atoms with Gasteiger partial charge in [-0.1, -0.05) is 43.6 Å². The van der Waals surface area contributed by atoms with E-state index in [1.165, 1.54) is 0 Å². The van der Waals surface area contributed by atoms with Crippen LogP contribution in [0.4, 0.5) is 0 Å². The zero-order valence-electron chi connectivity index (χ0n) is 12.3. The van der Waals surface area contributed by atoms with E-state index in [-0.39, 0.29) is 11.8 Å². The first-order valence-electron chi connectivity index (χ1n) is 6.80. The fourth-order valence-corrected chi connectivity index (χ4v) is 2.07. The molecular weight excluding hydrogens is 276 g/mol. The Balaban J connectivity index is 2.37. The summed E-state index contributed by atoms with van der Waals surface area (Å²) in [7, 11) is 1.90. The van der Waals surface area contributed by atoms with Gasteiger partial charge in [-0.05, 0) is 13.1 Å². The maximum absolute atomic E-state index is 11.4. The lowest BCUT2D eigenvalue weighted by Crippen LogP contribution is -2.36. The minimum Gasteiger partial charge on any atom is -0.387 e. The fourth-order valence-electron chi connectivity index (χ4n) is 1.80. The Morgan fingerprint density at radius 2 is 2.05 bits per heavy atom. The van der Waals surface area contributed by atoms with Gasteiger partial charge in [0, 0.05) is 36.1 Å². The summed E-state index contributed by atoms with van der Waals surface area (Å²) in [5, 5.41) is 13.6. The molecule has 2 N–H and O–H groups in total. The molecule has 1 amide bonds. The second-order valence-corrected chi connectivity index (χ2v) is 5.65. The first-order valence-corrected chi connectivity index (χ1v) is 7.18. The summed E-state index contributed by atoms with van der Waals surface area (Å²) in [4.78, 5) is 13.4. The summed E-state index contributed by atoms with van der Waals surface area (Å²) < 4.78 is 0. The van der Waals surface area contributed by atoms with E-state index in [1.807, 2.05) is 44.0 Å². The van der Waals surface area contributed by atoms with E-state index in [1.54, 1.807) is 6.07 Å². The number of aliphatic hydroxyl groups excluding tert-OH is 1. The van der Waals surface area contributed by atoms with E-state index in [0.717, 1.165) is 5.56 Å². The summed E-state index contributed by atoms with van der Waals surface area (Å²) in [6.45, 7) is 5.45. The molecule has 1 atom stereocenters. The van der Waals surface area contributed by atoms with Crippen LogP contribution in [0.1, 0.15) is 25.5 Å². The van der Waals surface area contributed by atoms with Crippen LogP contribution in [0.15, 0.2) is 24.3 Å². The largest absolute Gasteiger partial charge is 0.387 e. The molecule has 0 spiro atoms. The van der Waals surface area contributed by atoms with Crippen molar-refractivity contribution in [3.05, 3.63) is 34.9 Å². The van der Waals surface area contributed by atoms with Crippen molar-refractivity contribution >= 4 is 17.5 Å². The molecule has 0 aliphatic heterocycles. The van der Waals surface area contributed by atoms with Crippen LogP contribution in [-0.2, 0) is 4.79 Å². The van der Waals surface area contributed by atoms with Crippen LogP contribution in [-0.4, -0.2) is 42.6 Å². The number of carbonyl (C=O) groups is 1. The topological polar surface area (TPSA) is 52.6 Å². The minimum atomic E-state index is -0.630. The Labute approximate surface area is 125 Å². The van der Waals surface area contributed by atoms with Crippen LogP contribution in [0, 0.1) is 5.92 Å². The number of nitrogens with zero attached hydrogens (tertiary/aromatic N) is 1. The highest BCUT2D eigenvalue weighted by Gasteiger charge is 2.13. The van der Waals surface area contributed by atoms with Crippen molar-refractivity contribution in [1.82, 2.24) is 10.2 Å². The maximum atomic E-state index is 11.4. The van der Waals surface area contributed by atoms with Crippen molar-refractivity contribution in [2.24, 2.45) is 5.92 Å². The number of likely N-dealkylation sites (N-methyl/N-ethyl adjacent to an activating group) is 1. The van der Waals surface area contributed by atoms with Gasteiger partial charge in [-0.2, -0.15) is 0 Å². The molecule has 1 unspecified atom stereocenters. The predicted molar refractivity (Wildman–Crippen MR) is 81.8 cm³/mol. The van der Waals surface area contributed by atoms with Crippen molar-refractivity contribution in [2.75, 3.05) is 26.7 Å². The number of carbonyl (C=O) groups excluding carboxylic acids is 1. The van der Waals surface area contributed by atoms with Crippen LogP contribution in [0.5, 0.6) is 0 Å². The molecule has 1 aromatic carbocycles. The Hall–Kier alpha value is -1.10. The van der Waals surface area contributed by atoms with Gasteiger partial charge in [-0.15, -0.1) is 0 Å². The lowest BCUT2D eigenvalue weighted by Gasteiger charge is -2.21. The Morgan fingerprint density at radius 3 is 2.65 bits per heavy atom. The molecule has 1 aromatic rings. The highest BCUT2D eigenvalue weighted by atomic mass is 35.5. The van der Waals surface area contributed by atoms with Gasteiger partial charge in [0.15, 0.2) is 0 Å². The van der Waals surface area contributed by atoms with Gasteiger partial charge in [0.25, 0.3) is 0 Å². The van der Waals surface area contributed by atoms with Crippen LogP contribution >= 0.6 is 11.6 Å². The standard InChI is InChI=1S/C15H23ClN2O2/c1-11(2)15(20)17-8-9-18(3)10-14(19)12-6-4-5-7-13(12)16/h4-7,11,14,19H,8-10H2,1-3H3,(H,17,20). The molecule has 0 saturated heterocycles. The van der Waals surface area contributed by atoms with E-state index in [0.29, 0.717) is 24.7 Å². The maximum Gasteiger partial charge on any atom is 0.222 e. The molecule has 0 radical (unpaired) electrons. The molecular formula is C15H23ClN2O2. The number of rotatable bonds is 7. The molecule has 0 fully saturated rings. The number of amides is 1. The van der Waals surface area contributed by atoms with Gasteiger partial charge in [0.1, 0.15) is 0 Å². The fraction of sp³-hybridized carbons (Fsp3) is 0.533. The summed E-state index contributed by atoms with van der Waals surface area (Å²) in [5.74, 6) is 0.0408. The molecule has 0 bridgehead atoms. The normalized spacial score (nSPS) is 12.8. The van der Waals surface area contributed by atoms with Gasteiger partial charge in [-0.25, -0.2) is 0 Å². The molecule has 0 aliphatic carbocycles. The molecule has 5 heteroatoms. The molecule has 0 saturated carbocycles. The van der Waals surface area contributed by atoms with Crippen molar-refractivity contribution in [3.63, 3.8) is 0 Å². The summed E-state index contributed by atoms with van der Waals surface area (Å²) in [5.41, 5.74) is 0.729. The van der Waals surface area contributed by atoms with Crippen molar-refractivity contribution < 1.29 is 9.90 Å². The lowest BCUT2D eigenvalue weighted by atomic mass is 10.1. The van der Waals surface area contributed by atoms with E-state index in [2.05, 4.69) is 5.32 Å². The number of benzene rings is 1. The molecule has 0 aliphatic rings. The number of hydrogen-bond donors (Lipinski definition) is 2. The molecule has 1 rings (SSSR count). The van der Waals surface area contributed by atoms with Crippen molar-refractivity contribution in [2.45, 2.75) is 20.0 Å². The van der Waals surface area contributed by atoms with Gasteiger partial charge in [-0.3, -0.25) is 4.79 Å². The van der Waals surface area contributed by atoms with Crippen LogP contribution in [0.25, 0.3) is 0 Å². The Bertz CT molecular complexity index is 438. The summed E-state index contributed by atoms with van der Waals surface area (Å²) >= 11 is 6.05. The van der Waals surface area contributed by atoms with E-state index >= 15 is 0 Å². The molecule has 4 nitrogen and oxygen atoms in total. The number of halogens is 1. The Morgan fingerprint density at radius 1 is 1.40 bits per heavy atom. The number of nitrogens with one attached hydrogen (secondary N) is 1. The van der Waals surface area contributed by atoms with E-state index in [9.17, 15) is 9.90 Å². The van der Waals surface area contributed by atoms with Crippen LogP contribution in [0.3, 0.4) is 0 Å². The number of hydrogen-bond acceptors (Lipinski definition) is 3. The molecule has 0 heterocycles. The molecule has 20 heavy (non-hydrogen) atoms. The van der Waals surface area contributed by atoms with Crippen LogP contribution in [0.2, 0.25) is 5.02 Å². The Kier molecular flexibility index (Phi) is 6.99. The summed E-state index contributed by atoms with van der Waals surface area (Å²) in [6, 6.07) is 7.28. The third kappa shape index (κ3) is 5.49. The first-order chi connectivity index (χ1) is 9.41. The van der Waals surface area contributed by atoms with Crippen LogP contribution < -0.4 is 5.32 Å². The smallest absolute Gasteiger partial charge is 0.222 e. The van der Waals surface area contributed by atoms with Crippen molar-refractivity contribution in [1.29, 1.82) is 0 Å². The highest BCUT2D eigenvalue weighted by Crippen LogP contribution is 2.22. The third-order valence-electron chi connectivity index (χ3n) is 3.07. The third-order valence-corrected chi connectivity index (χ3v) is 3.41. The first kappa shape index (κ1) is 17.0. The highest BCUT2D eigenvalue weighted by molar-refractivity contribution is 6.31. The lowest BCUT2D eigenvalue weighted by molar-refractivity contribution is -0.124. The van der Waals surface area contributed by atoms with Gasteiger partial charge < -0.3 is 15.3 Å². The van der Waals surface area contributed by atoms with Gasteiger partial charge in [0.2, 0.25) is 5.91 Å². The summed E-state index contributed by atoms with van der Waals surface area (Å²) in [6.07, 6.45) is -0.630. The molecule has 0 aromatic heterocycles. The molecule has 112 valence electrons. The quantitative estimate of drug-likeness (QED) is 0.810. The van der Waals surface area contributed by atoms with Gasteiger partial charge >= 0.3 is 0 Å². The van der Waals surface area contributed by atoms with E-state index < -0.39 is 6.10 Å². The average Bonchev–Trinajstić information content (AvgIpc) is 2.38. The average molecular weight is 299 g/mol. The van der Waals surface area contributed by atoms with Gasteiger partial charge in [0.05, 0.1) is 6.10 Å². The zero-order valence-corrected chi connectivity index (χ0v) is 13.0. The minimum absolute atomic E-state index is 0.00554. The zero-order chi connectivity index (χ0) is 15.1. The SMILES string of the molecule is CC(C)C(=O)NCCN(C)CC(O)c1ccccc1Cl. The van der Waals surface area contributed by atoms with Crippen molar-refractivity contribution in [3.8, 4) is 0 Å². The second-order valence-electron chi connectivity index (χ2n) is 5.25. The monoisotopic (exact) mass is 298 g/mol. The van der Waals surface area contributed by atoms with E-state index in [4.69, 9.17) is 11.6 Å². The second kappa shape index (κ2) is 8.25.